The summed E-state index contributed by atoms with van der Waals surface area (Å²) in [6, 6.07) is 4.10. The van der Waals surface area contributed by atoms with Gasteiger partial charge in [0.2, 0.25) is 11.8 Å². The van der Waals surface area contributed by atoms with Gasteiger partial charge in [-0.3, -0.25) is 14.5 Å². The maximum atomic E-state index is 12.9. The molecule has 0 unspecified atom stereocenters. The third-order valence-electron chi connectivity index (χ3n) is 7.31. The van der Waals surface area contributed by atoms with Crippen molar-refractivity contribution in [3.05, 3.63) is 28.3 Å². The fourth-order valence-corrected chi connectivity index (χ4v) is 5.33. The average molecular weight is 432 g/mol. The molecule has 1 atom stereocenters. The monoisotopic (exact) mass is 431 g/mol. The van der Waals surface area contributed by atoms with Crippen molar-refractivity contribution in [1.29, 1.82) is 0 Å². The van der Waals surface area contributed by atoms with Crippen LogP contribution in [0.2, 0.25) is 5.02 Å². The van der Waals surface area contributed by atoms with E-state index in [9.17, 15) is 9.59 Å². The Hall–Kier alpha value is -1.59. The zero-order valence-electron chi connectivity index (χ0n) is 18.3. The van der Waals surface area contributed by atoms with Crippen LogP contribution in [0.15, 0.2) is 12.1 Å². The Labute approximate surface area is 185 Å². The Kier molecular flexibility index (Phi) is 6.69. The molecule has 0 bridgehead atoms. The molecule has 2 aliphatic carbocycles. The molecular formula is C24H34ClN3O2. The van der Waals surface area contributed by atoms with Gasteiger partial charge in [0.1, 0.15) is 0 Å². The molecule has 30 heavy (non-hydrogen) atoms. The van der Waals surface area contributed by atoms with E-state index >= 15 is 0 Å². The number of carbonyl (C=O) groups excluding carboxylic acids is 2. The van der Waals surface area contributed by atoms with Crippen LogP contribution < -0.4 is 5.32 Å². The van der Waals surface area contributed by atoms with Crippen molar-refractivity contribution < 1.29 is 9.59 Å². The van der Waals surface area contributed by atoms with E-state index in [1.807, 2.05) is 12.1 Å². The van der Waals surface area contributed by atoms with Gasteiger partial charge < -0.3 is 10.2 Å². The summed E-state index contributed by atoms with van der Waals surface area (Å²) in [5, 5.41) is 3.75. The number of nitrogens with zero attached hydrogens (tertiary/aromatic N) is 2. The standard InChI is InChI=1S/C24H34ClN3O2/c1-16-14-27(10-11-28(16)24(30)19-6-3-4-7-19)15-20-12-21(25)13-22(17(20)2)26-23(29)18-8-5-9-18/h12-13,16,18-19H,3-11,14-15H2,1-2H3,(H,26,29)/t16-/m0/s1. The minimum absolute atomic E-state index is 0.116. The number of carbonyl (C=O) groups is 2. The van der Waals surface area contributed by atoms with Crippen molar-refractivity contribution in [3.63, 3.8) is 0 Å². The molecule has 1 heterocycles. The Bertz CT molecular complexity index is 802. The molecule has 164 valence electrons. The highest BCUT2D eigenvalue weighted by molar-refractivity contribution is 6.31. The quantitative estimate of drug-likeness (QED) is 0.740. The molecule has 1 saturated heterocycles. The van der Waals surface area contributed by atoms with E-state index in [-0.39, 0.29) is 23.8 Å². The molecular weight excluding hydrogens is 398 g/mol. The number of rotatable bonds is 5. The van der Waals surface area contributed by atoms with Crippen LogP contribution in [0.1, 0.15) is 63.0 Å². The van der Waals surface area contributed by atoms with E-state index in [0.29, 0.717) is 10.9 Å². The molecule has 5 nitrogen and oxygen atoms in total. The predicted molar refractivity (Wildman–Crippen MR) is 121 cm³/mol. The second kappa shape index (κ2) is 9.27. The predicted octanol–water partition coefficient (Wildman–Crippen LogP) is 4.61. The molecule has 3 aliphatic rings. The van der Waals surface area contributed by atoms with E-state index in [1.165, 1.54) is 12.8 Å². The van der Waals surface area contributed by atoms with Crippen LogP contribution in [-0.2, 0) is 16.1 Å². The van der Waals surface area contributed by atoms with Crippen LogP contribution in [0.5, 0.6) is 0 Å². The van der Waals surface area contributed by atoms with Crippen molar-refractivity contribution in [3.8, 4) is 0 Å². The second-order valence-corrected chi connectivity index (χ2v) is 9.89. The van der Waals surface area contributed by atoms with Crippen molar-refractivity contribution in [2.75, 3.05) is 25.0 Å². The van der Waals surface area contributed by atoms with Crippen LogP contribution in [0.3, 0.4) is 0 Å². The Morgan fingerprint density at radius 2 is 1.77 bits per heavy atom. The van der Waals surface area contributed by atoms with Gasteiger partial charge in [-0.2, -0.15) is 0 Å². The lowest BCUT2D eigenvalue weighted by molar-refractivity contribution is -0.140. The van der Waals surface area contributed by atoms with Crippen molar-refractivity contribution >= 4 is 29.1 Å². The number of anilines is 1. The average Bonchev–Trinajstić information content (AvgIpc) is 3.18. The highest BCUT2D eigenvalue weighted by atomic mass is 35.5. The largest absolute Gasteiger partial charge is 0.337 e. The van der Waals surface area contributed by atoms with Gasteiger partial charge in [-0.15, -0.1) is 0 Å². The van der Waals surface area contributed by atoms with Gasteiger partial charge in [-0.1, -0.05) is 30.9 Å². The molecule has 1 N–H and O–H groups in total. The van der Waals surface area contributed by atoms with Crippen LogP contribution in [-0.4, -0.2) is 47.3 Å². The van der Waals surface area contributed by atoms with E-state index in [4.69, 9.17) is 11.6 Å². The normalized spacial score (nSPS) is 23.4. The molecule has 3 fully saturated rings. The second-order valence-electron chi connectivity index (χ2n) is 9.45. The molecule has 0 spiro atoms. The smallest absolute Gasteiger partial charge is 0.227 e. The maximum Gasteiger partial charge on any atom is 0.227 e. The van der Waals surface area contributed by atoms with E-state index in [2.05, 4.69) is 29.0 Å². The van der Waals surface area contributed by atoms with Gasteiger partial charge in [-0.05, 0) is 62.8 Å². The zero-order valence-corrected chi connectivity index (χ0v) is 19.0. The summed E-state index contributed by atoms with van der Waals surface area (Å²) in [7, 11) is 0. The van der Waals surface area contributed by atoms with Crippen LogP contribution in [0.4, 0.5) is 5.69 Å². The molecule has 2 saturated carbocycles. The maximum absolute atomic E-state index is 12.9. The lowest BCUT2D eigenvalue weighted by Crippen LogP contribution is -2.54. The highest BCUT2D eigenvalue weighted by Gasteiger charge is 2.33. The lowest BCUT2D eigenvalue weighted by Gasteiger charge is -2.41. The molecule has 1 aliphatic heterocycles. The SMILES string of the molecule is Cc1c(CN2CCN(C(=O)C3CCCC3)[C@@H](C)C2)cc(Cl)cc1NC(=O)C1CCC1. The van der Waals surface area contributed by atoms with Crippen LogP contribution in [0.25, 0.3) is 0 Å². The van der Waals surface area contributed by atoms with Crippen molar-refractivity contribution in [2.24, 2.45) is 11.8 Å². The molecule has 1 aromatic rings. The molecule has 0 aromatic heterocycles. The van der Waals surface area contributed by atoms with Gasteiger partial charge in [0.05, 0.1) is 0 Å². The summed E-state index contributed by atoms with van der Waals surface area (Å²) >= 11 is 6.39. The highest BCUT2D eigenvalue weighted by Crippen LogP contribution is 2.31. The van der Waals surface area contributed by atoms with Crippen molar-refractivity contribution in [1.82, 2.24) is 9.80 Å². The van der Waals surface area contributed by atoms with Gasteiger partial charge in [-0.25, -0.2) is 0 Å². The summed E-state index contributed by atoms with van der Waals surface area (Å²) in [5.74, 6) is 0.874. The summed E-state index contributed by atoms with van der Waals surface area (Å²) < 4.78 is 0. The van der Waals surface area contributed by atoms with Crippen molar-refractivity contribution in [2.45, 2.75) is 71.4 Å². The third kappa shape index (κ3) is 4.67. The molecule has 6 heteroatoms. The zero-order chi connectivity index (χ0) is 21.3. The number of hydrogen-bond acceptors (Lipinski definition) is 3. The van der Waals surface area contributed by atoms with E-state index < -0.39 is 0 Å². The molecule has 1 aromatic carbocycles. The summed E-state index contributed by atoms with van der Waals surface area (Å²) in [4.78, 5) is 29.8. The lowest BCUT2D eigenvalue weighted by atomic mass is 9.84. The first-order chi connectivity index (χ1) is 14.4. The molecule has 2 amide bonds. The number of hydrogen-bond donors (Lipinski definition) is 1. The number of nitrogens with one attached hydrogen (secondary N) is 1. The molecule has 0 radical (unpaired) electrons. The first-order valence-electron chi connectivity index (χ1n) is 11.5. The van der Waals surface area contributed by atoms with Crippen LogP contribution in [0, 0.1) is 18.8 Å². The third-order valence-corrected chi connectivity index (χ3v) is 7.53. The number of piperazine rings is 1. The van der Waals surface area contributed by atoms with Gasteiger partial charge in [0, 0.05) is 54.8 Å². The fraction of sp³-hybridized carbons (Fsp3) is 0.667. The number of halogens is 1. The summed E-state index contributed by atoms with van der Waals surface area (Å²) in [6.45, 7) is 7.54. The Morgan fingerprint density at radius 3 is 2.40 bits per heavy atom. The number of benzene rings is 1. The first-order valence-corrected chi connectivity index (χ1v) is 11.9. The Morgan fingerprint density at radius 1 is 1.07 bits per heavy atom. The first kappa shape index (κ1) is 21.6. The summed E-state index contributed by atoms with van der Waals surface area (Å²) in [5.41, 5.74) is 3.07. The van der Waals surface area contributed by atoms with Gasteiger partial charge >= 0.3 is 0 Å². The van der Waals surface area contributed by atoms with Gasteiger partial charge in [0.25, 0.3) is 0 Å². The molecule has 4 rings (SSSR count). The minimum Gasteiger partial charge on any atom is -0.337 e. The van der Waals surface area contributed by atoms with Gasteiger partial charge in [0.15, 0.2) is 0 Å². The van der Waals surface area contributed by atoms with Crippen LogP contribution >= 0.6 is 11.6 Å². The minimum atomic E-state index is 0.116. The summed E-state index contributed by atoms with van der Waals surface area (Å²) in [6.07, 6.45) is 7.62. The number of amides is 2. The van der Waals surface area contributed by atoms with E-state index in [1.54, 1.807) is 0 Å². The topological polar surface area (TPSA) is 52.6 Å². The fourth-order valence-electron chi connectivity index (χ4n) is 5.09. The van der Waals surface area contributed by atoms with E-state index in [0.717, 1.165) is 75.1 Å². The Balaban J connectivity index is 1.39.